The molecule has 0 aliphatic carbocycles. The number of thiophene rings is 1. The molecule has 0 radical (unpaired) electrons. The molecular formula is C25H23NOS. The molecule has 1 aromatic heterocycles. The third kappa shape index (κ3) is 4.49. The van der Waals surface area contributed by atoms with Gasteiger partial charge in [0, 0.05) is 11.4 Å². The van der Waals surface area contributed by atoms with Crippen LogP contribution in [0.1, 0.15) is 16.0 Å². The van der Waals surface area contributed by atoms with Crippen LogP contribution in [0.15, 0.2) is 90.3 Å². The Kier molecular flexibility index (Phi) is 5.83. The van der Waals surface area contributed by atoms with E-state index in [1.807, 2.05) is 35.2 Å². The lowest BCUT2D eigenvalue weighted by Gasteiger charge is -2.23. The summed E-state index contributed by atoms with van der Waals surface area (Å²) in [5.41, 5.74) is 2.36. The second-order valence-corrected chi connectivity index (χ2v) is 7.98. The lowest BCUT2D eigenvalue weighted by atomic mass is 10.0. The number of hydrogen-bond donors (Lipinski definition) is 0. The first kappa shape index (κ1) is 18.5. The zero-order valence-corrected chi connectivity index (χ0v) is 16.6. The summed E-state index contributed by atoms with van der Waals surface area (Å²) < 4.78 is 0. The molecule has 2 nitrogen and oxygen atoms in total. The van der Waals surface area contributed by atoms with Gasteiger partial charge in [-0.1, -0.05) is 78.9 Å². The minimum atomic E-state index is 0.181. The molecule has 4 rings (SSSR count). The fourth-order valence-corrected chi connectivity index (χ4v) is 4.23. The Morgan fingerprint density at radius 2 is 1.61 bits per heavy atom. The number of benzene rings is 3. The first-order valence-electron chi connectivity index (χ1n) is 9.60. The molecule has 140 valence electrons. The quantitative estimate of drug-likeness (QED) is 0.399. The van der Waals surface area contributed by atoms with Crippen LogP contribution >= 0.6 is 11.3 Å². The Morgan fingerprint density at radius 3 is 2.43 bits per heavy atom. The predicted molar refractivity (Wildman–Crippen MR) is 118 cm³/mol. The van der Waals surface area contributed by atoms with E-state index in [1.54, 1.807) is 11.3 Å². The van der Waals surface area contributed by atoms with Crippen molar-refractivity contribution >= 4 is 28.0 Å². The van der Waals surface area contributed by atoms with Crippen molar-refractivity contribution in [1.29, 1.82) is 0 Å². The van der Waals surface area contributed by atoms with Gasteiger partial charge >= 0.3 is 0 Å². The molecule has 0 atom stereocenters. The molecule has 4 aromatic rings. The van der Waals surface area contributed by atoms with Crippen molar-refractivity contribution < 1.29 is 4.79 Å². The van der Waals surface area contributed by atoms with E-state index in [9.17, 15) is 4.79 Å². The molecule has 0 spiro atoms. The summed E-state index contributed by atoms with van der Waals surface area (Å²) in [6.07, 6.45) is 1.30. The van der Waals surface area contributed by atoms with Gasteiger partial charge in [0.2, 0.25) is 5.91 Å². The topological polar surface area (TPSA) is 20.3 Å². The molecule has 0 fully saturated rings. The SMILES string of the molecule is O=C(Cc1cccc2ccccc12)N(CCc1ccccc1)Cc1cccs1. The van der Waals surface area contributed by atoms with Crippen LogP contribution in [-0.2, 0) is 24.2 Å². The van der Waals surface area contributed by atoms with Crippen LogP contribution in [0.3, 0.4) is 0 Å². The number of carbonyl (C=O) groups is 1. The first-order valence-corrected chi connectivity index (χ1v) is 10.5. The predicted octanol–water partition coefficient (Wildman–Crippen LogP) is 5.72. The fraction of sp³-hybridized carbons (Fsp3) is 0.160. The van der Waals surface area contributed by atoms with E-state index in [4.69, 9.17) is 0 Å². The maximum atomic E-state index is 13.2. The van der Waals surface area contributed by atoms with Crippen LogP contribution < -0.4 is 0 Å². The summed E-state index contributed by atoms with van der Waals surface area (Å²) in [4.78, 5) is 16.5. The summed E-state index contributed by atoms with van der Waals surface area (Å²) in [5, 5.41) is 4.42. The van der Waals surface area contributed by atoms with Gasteiger partial charge in [-0.2, -0.15) is 0 Å². The molecule has 0 aliphatic heterocycles. The van der Waals surface area contributed by atoms with Gasteiger partial charge in [-0.3, -0.25) is 4.79 Å². The number of fused-ring (bicyclic) bond motifs is 1. The number of amides is 1. The molecule has 1 heterocycles. The van der Waals surface area contributed by atoms with Crippen LogP contribution in [0.25, 0.3) is 10.8 Å². The Bertz CT molecular complexity index is 1040. The van der Waals surface area contributed by atoms with E-state index in [1.165, 1.54) is 15.8 Å². The van der Waals surface area contributed by atoms with Crippen LogP contribution in [0.4, 0.5) is 0 Å². The minimum absolute atomic E-state index is 0.181. The van der Waals surface area contributed by atoms with E-state index in [0.29, 0.717) is 13.0 Å². The standard InChI is InChI=1S/C25H23NOS/c27-25(18-22-12-6-11-21-10-4-5-14-24(21)22)26(19-23-13-7-17-28-23)16-15-20-8-2-1-3-9-20/h1-14,17H,15-16,18-19H2. The second kappa shape index (κ2) is 8.85. The average Bonchev–Trinajstić information content (AvgIpc) is 3.25. The maximum Gasteiger partial charge on any atom is 0.227 e. The van der Waals surface area contributed by atoms with Gasteiger partial charge in [-0.15, -0.1) is 11.3 Å². The summed E-state index contributed by atoms with van der Waals surface area (Å²) in [6, 6.07) is 29.0. The van der Waals surface area contributed by atoms with Gasteiger partial charge in [0.05, 0.1) is 13.0 Å². The smallest absolute Gasteiger partial charge is 0.227 e. The highest BCUT2D eigenvalue weighted by Crippen LogP contribution is 2.20. The number of nitrogens with zero attached hydrogens (tertiary/aromatic N) is 1. The Balaban J connectivity index is 1.53. The lowest BCUT2D eigenvalue weighted by Crippen LogP contribution is -2.33. The molecule has 1 amide bonds. The summed E-state index contributed by atoms with van der Waals surface area (Å²) in [6.45, 7) is 1.40. The fourth-order valence-electron chi connectivity index (χ4n) is 3.51. The molecule has 0 bridgehead atoms. The van der Waals surface area contributed by atoms with Crippen LogP contribution in [0, 0.1) is 0 Å². The maximum absolute atomic E-state index is 13.2. The highest BCUT2D eigenvalue weighted by Gasteiger charge is 2.16. The summed E-state index contributed by atoms with van der Waals surface area (Å²) in [7, 11) is 0. The number of hydrogen-bond acceptors (Lipinski definition) is 2. The van der Waals surface area contributed by atoms with Crippen molar-refractivity contribution in [3.63, 3.8) is 0 Å². The monoisotopic (exact) mass is 385 g/mol. The van der Waals surface area contributed by atoms with Crippen LogP contribution in [0.5, 0.6) is 0 Å². The van der Waals surface area contributed by atoms with Gasteiger partial charge in [0.25, 0.3) is 0 Å². The molecule has 0 N–H and O–H groups in total. The Labute approximate surface area is 170 Å². The molecule has 3 heteroatoms. The zero-order chi connectivity index (χ0) is 19.2. The minimum Gasteiger partial charge on any atom is -0.337 e. The highest BCUT2D eigenvalue weighted by atomic mass is 32.1. The van der Waals surface area contributed by atoms with Crippen molar-refractivity contribution in [2.24, 2.45) is 0 Å². The third-order valence-electron chi connectivity index (χ3n) is 5.01. The van der Waals surface area contributed by atoms with E-state index >= 15 is 0 Å². The summed E-state index contributed by atoms with van der Waals surface area (Å²) in [5.74, 6) is 0.181. The van der Waals surface area contributed by atoms with Crippen molar-refractivity contribution in [2.75, 3.05) is 6.54 Å². The molecule has 3 aromatic carbocycles. The van der Waals surface area contributed by atoms with Crippen molar-refractivity contribution in [3.8, 4) is 0 Å². The van der Waals surface area contributed by atoms with Gasteiger partial charge in [0.1, 0.15) is 0 Å². The number of rotatable bonds is 7. The highest BCUT2D eigenvalue weighted by molar-refractivity contribution is 7.09. The van der Waals surface area contributed by atoms with E-state index < -0.39 is 0 Å². The molecule has 0 unspecified atom stereocenters. The van der Waals surface area contributed by atoms with Crippen molar-refractivity contribution in [1.82, 2.24) is 4.90 Å². The third-order valence-corrected chi connectivity index (χ3v) is 5.88. The van der Waals surface area contributed by atoms with Crippen LogP contribution in [0.2, 0.25) is 0 Å². The van der Waals surface area contributed by atoms with Gasteiger partial charge in [-0.25, -0.2) is 0 Å². The summed E-state index contributed by atoms with van der Waals surface area (Å²) >= 11 is 1.71. The van der Waals surface area contributed by atoms with Gasteiger partial charge < -0.3 is 4.90 Å². The molecule has 28 heavy (non-hydrogen) atoms. The van der Waals surface area contributed by atoms with E-state index in [2.05, 4.69) is 60.0 Å². The Hall–Kier alpha value is -2.91. The largest absolute Gasteiger partial charge is 0.337 e. The first-order chi connectivity index (χ1) is 13.8. The van der Waals surface area contributed by atoms with Crippen molar-refractivity contribution in [3.05, 3.63) is 106 Å². The average molecular weight is 386 g/mol. The van der Waals surface area contributed by atoms with Gasteiger partial charge in [-0.05, 0) is 39.8 Å². The number of carbonyl (C=O) groups excluding carboxylic acids is 1. The van der Waals surface area contributed by atoms with Crippen molar-refractivity contribution in [2.45, 2.75) is 19.4 Å². The second-order valence-electron chi connectivity index (χ2n) is 6.95. The molecular weight excluding hydrogens is 362 g/mol. The van der Waals surface area contributed by atoms with Gasteiger partial charge in [0.15, 0.2) is 0 Å². The normalized spacial score (nSPS) is 10.9. The van der Waals surface area contributed by atoms with Crippen LogP contribution in [-0.4, -0.2) is 17.4 Å². The molecule has 0 saturated heterocycles. The van der Waals surface area contributed by atoms with E-state index in [0.717, 1.165) is 23.9 Å². The molecule has 0 saturated carbocycles. The Morgan fingerprint density at radius 1 is 0.821 bits per heavy atom. The zero-order valence-electron chi connectivity index (χ0n) is 15.8. The lowest BCUT2D eigenvalue weighted by molar-refractivity contribution is -0.131. The van der Waals surface area contributed by atoms with E-state index in [-0.39, 0.29) is 5.91 Å². The molecule has 0 aliphatic rings.